The second-order valence-corrected chi connectivity index (χ2v) is 8.41. The smallest absolute Gasteiger partial charge is 0.232 e. The van der Waals surface area contributed by atoms with E-state index in [-0.39, 0.29) is 14.7 Å². The van der Waals surface area contributed by atoms with Gasteiger partial charge in [-0.2, -0.15) is 4.31 Å². The summed E-state index contributed by atoms with van der Waals surface area (Å²) in [5.41, 5.74) is 0. The number of nitrogens with zero attached hydrogens (tertiary/aromatic N) is 2. The zero-order valence-corrected chi connectivity index (χ0v) is 11.6. The van der Waals surface area contributed by atoms with Crippen molar-refractivity contribution >= 4 is 33.0 Å². The van der Waals surface area contributed by atoms with Gasteiger partial charge in [0.25, 0.3) is 10.0 Å². The van der Waals surface area contributed by atoms with Crippen LogP contribution < -0.4 is 0 Å². The molecule has 0 radical (unpaired) electrons. The van der Waals surface area contributed by atoms with Gasteiger partial charge in [-0.05, 0) is 31.6 Å². The number of hydrogen-bond acceptors (Lipinski definition) is 4. The van der Waals surface area contributed by atoms with Gasteiger partial charge in [0.05, 0.1) is 6.20 Å². The molecule has 2 saturated carbocycles. The topological polar surface area (TPSA) is 50.3 Å². The third-order valence-corrected chi connectivity index (χ3v) is 6.58. The van der Waals surface area contributed by atoms with E-state index < -0.39 is 10.0 Å². The number of thiazole rings is 1. The summed E-state index contributed by atoms with van der Waals surface area (Å²) in [6.45, 7) is 0.669. The number of rotatable bonds is 5. The Bertz CT molecular complexity index is 520. The lowest BCUT2D eigenvalue weighted by molar-refractivity contribution is 0.390. The third kappa shape index (κ3) is 2.50. The molecule has 2 aliphatic rings. The highest BCUT2D eigenvalue weighted by Crippen LogP contribution is 2.39. The summed E-state index contributed by atoms with van der Waals surface area (Å²) in [7, 11) is -3.37. The molecule has 0 saturated heterocycles. The van der Waals surface area contributed by atoms with Gasteiger partial charge < -0.3 is 0 Å². The highest BCUT2D eigenvalue weighted by atomic mass is 35.5. The molecule has 1 aromatic heterocycles. The molecule has 94 valence electrons. The fourth-order valence-corrected chi connectivity index (χ4v) is 5.02. The maximum Gasteiger partial charge on any atom is 0.254 e. The average Bonchev–Trinajstić information content (AvgIpc) is 3.16. The van der Waals surface area contributed by atoms with Crippen molar-refractivity contribution < 1.29 is 8.42 Å². The summed E-state index contributed by atoms with van der Waals surface area (Å²) >= 11 is 6.75. The van der Waals surface area contributed by atoms with Crippen LogP contribution in [0, 0.1) is 5.92 Å². The highest BCUT2D eigenvalue weighted by molar-refractivity contribution is 7.91. The Labute approximate surface area is 110 Å². The first-order chi connectivity index (χ1) is 8.07. The molecule has 3 rings (SSSR count). The molecule has 0 aromatic carbocycles. The van der Waals surface area contributed by atoms with Gasteiger partial charge in [-0.15, -0.1) is 0 Å². The second-order valence-electron chi connectivity index (χ2n) is 4.68. The normalized spacial score (nSPS) is 21.1. The fourth-order valence-electron chi connectivity index (χ4n) is 1.83. The Morgan fingerprint density at radius 3 is 2.59 bits per heavy atom. The molecule has 0 spiro atoms. The standard InChI is InChI=1S/C10H13ClN2O2S2/c11-10-12-5-9(16-10)17(14,15)13(8-3-4-8)6-7-1-2-7/h5,7-8H,1-4,6H2. The molecular weight excluding hydrogens is 280 g/mol. The molecule has 2 fully saturated rings. The summed E-state index contributed by atoms with van der Waals surface area (Å²) in [6, 6.07) is 0.210. The van der Waals surface area contributed by atoms with Gasteiger partial charge in [-0.25, -0.2) is 13.4 Å². The molecule has 0 unspecified atom stereocenters. The maximum absolute atomic E-state index is 12.4. The zero-order chi connectivity index (χ0) is 12.0. The van der Waals surface area contributed by atoms with Gasteiger partial charge in [-0.1, -0.05) is 22.9 Å². The van der Waals surface area contributed by atoms with E-state index in [4.69, 9.17) is 11.6 Å². The van der Waals surface area contributed by atoms with Gasteiger partial charge in [-0.3, -0.25) is 0 Å². The van der Waals surface area contributed by atoms with Crippen molar-refractivity contribution in [2.45, 2.75) is 35.9 Å². The first-order valence-electron chi connectivity index (χ1n) is 5.70. The van der Waals surface area contributed by atoms with Crippen molar-refractivity contribution in [1.82, 2.24) is 9.29 Å². The van der Waals surface area contributed by atoms with Crippen LogP contribution in [-0.4, -0.2) is 30.3 Å². The minimum Gasteiger partial charge on any atom is -0.232 e. The van der Waals surface area contributed by atoms with E-state index in [1.54, 1.807) is 4.31 Å². The minimum absolute atomic E-state index is 0.210. The first kappa shape index (κ1) is 11.9. The molecule has 7 heteroatoms. The fraction of sp³-hybridized carbons (Fsp3) is 0.700. The van der Waals surface area contributed by atoms with E-state index in [9.17, 15) is 8.42 Å². The predicted octanol–water partition coefficient (Wildman–Crippen LogP) is 2.36. The van der Waals surface area contributed by atoms with E-state index in [0.717, 1.165) is 37.0 Å². The summed E-state index contributed by atoms with van der Waals surface area (Å²) in [4.78, 5) is 3.82. The van der Waals surface area contributed by atoms with E-state index >= 15 is 0 Å². The van der Waals surface area contributed by atoms with Crippen molar-refractivity contribution in [2.24, 2.45) is 5.92 Å². The SMILES string of the molecule is O=S(=O)(c1cnc(Cl)s1)N(CC1CC1)C1CC1. The summed E-state index contributed by atoms with van der Waals surface area (Å²) in [6.07, 6.45) is 5.64. The average molecular weight is 293 g/mol. The molecule has 0 amide bonds. The monoisotopic (exact) mass is 292 g/mol. The summed E-state index contributed by atoms with van der Waals surface area (Å²) in [5, 5.41) is 0. The van der Waals surface area contributed by atoms with E-state index in [1.165, 1.54) is 6.20 Å². The minimum atomic E-state index is -3.37. The lowest BCUT2D eigenvalue weighted by atomic mass is 10.4. The van der Waals surface area contributed by atoms with Crippen LogP contribution in [-0.2, 0) is 10.0 Å². The molecule has 0 N–H and O–H groups in total. The van der Waals surface area contributed by atoms with E-state index in [0.29, 0.717) is 12.5 Å². The molecular formula is C10H13ClN2O2S2. The molecule has 17 heavy (non-hydrogen) atoms. The number of halogens is 1. The van der Waals surface area contributed by atoms with Gasteiger partial charge >= 0.3 is 0 Å². The van der Waals surface area contributed by atoms with Crippen LogP contribution in [0.25, 0.3) is 0 Å². The van der Waals surface area contributed by atoms with Crippen LogP contribution in [0.4, 0.5) is 0 Å². The van der Waals surface area contributed by atoms with Crippen LogP contribution in [0.1, 0.15) is 25.7 Å². The Morgan fingerprint density at radius 1 is 1.41 bits per heavy atom. The Morgan fingerprint density at radius 2 is 2.12 bits per heavy atom. The van der Waals surface area contributed by atoms with Crippen LogP contribution in [0.3, 0.4) is 0 Å². The van der Waals surface area contributed by atoms with Crippen molar-refractivity contribution in [2.75, 3.05) is 6.54 Å². The van der Waals surface area contributed by atoms with Crippen molar-refractivity contribution in [3.05, 3.63) is 10.7 Å². The maximum atomic E-state index is 12.4. The molecule has 0 atom stereocenters. The summed E-state index contributed by atoms with van der Waals surface area (Å²) < 4.78 is 27.1. The first-order valence-corrected chi connectivity index (χ1v) is 8.34. The Hall–Kier alpha value is -0.170. The Balaban J connectivity index is 1.87. The zero-order valence-electron chi connectivity index (χ0n) is 9.17. The van der Waals surface area contributed by atoms with Crippen LogP contribution in [0.2, 0.25) is 4.47 Å². The molecule has 4 nitrogen and oxygen atoms in total. The highest BCUT2D eigenvalue weighted by Gasteiger charge is 2.41. The van der Waals surface area contributed by atoms with E-state index in [1.807, 2.05) is 0 Å². The Kier molecular flexibility index (Phi) is 2.93. The van der Waals surface area contributed by atoms with E-state index in [2.05, 4.69) is 4.98 Å². The number of aromatic nitrogens is 1. The second kappa shape index (κ2) is 4.19. The predicted molar refractivity (Wildman–Crippen MR) is 66.8 cm³/mol. The van der Waals surface area contributed by atoms with Gasteiger partial charge in [0.1, 0.15) is 0 Å². The van der Waals surface area contributed by atoms with Crippen LogP contribution in [0.5, 0.6) is 0 Å². The molecule has 0 bridgehead atoms. The summed E-state index contributed by atoms with van der Waals surface area (Å²) in [5.74, 6) is 0.564. The number of hydrogen-bond donors (Lipinski definition) is 0. The van der Waals surface area contributed by atoms with Gasteiger partial charge in [0, 0.05) is 12.6 Å². The quantitative estimate of drug-likeness (QED) is 0.837. The van der Waals surface area contributed by atoms with Crippen molar-refractivity contribution in [1.29, 1.82) is 0 Å². The molecule has 2 aliphatic carbocycles. The van der Waals surface area contributed by atoms with Gasteiger partial charge in [0.2, 0.25) is 0 Å². The van der Waals surface area contributed by atoms with Crippen molar-refractivity contribution in [3.8, 4) is 0 Å². The number of sulfonamides is 1. The van der Waals surface area contributed by atoms with Crippen molar-refractivity contribution in [3.63, 3.8) is 0 Å². The molecule has 1 heterocycles. The lowest BCUT2D eigenvalue weighted by Crippen LogP contribution is -2.34. The lowest BCUT2D eigenvalue weighted by Gasteiger charge is -2.20. The molecule has 1 aromatic rings. The largest absolute Gasteiger partial charge is 0.254 e. The molecule has 0 aliphatic heterocycles. The van der Waals surface area contributed by atoms with Crippen LogP contribution in [0.15, 0.2) is 10.4 Å². The van der Waals surface area contributed by atoms with Crippen LogP contribution >= 0.6 is 22.9 Å². The van der Waals surface area contributed by atoms with Gasteiger partial charge in [0.15, 0.2) is 8.68 Å². The third-order valence-electron chi connectivity index (χ3n) is 3.11.